The number of halogens is 6. The third-order valence-corrected chi connectivity index (χ3v) is 5.54. The summed E-state index contributed by atoms with van der Waals surface area (Å²) < 4.78 is 77.8. The Morgan fingerprint density at radius 2 is 1.76 bits per heavy atom. The monoisotopic (exact) mass is 544 g/mol. The van der Waals surface area contributed by atoms with Gasteiger partial charge >= 0.3 is 12.1 Å². The molecule has 1 aromatic heterocycles. The fourth-order valence-corrected chi connectivity index (χ4v) is 3.85. The van der Waals surface area contributed by atoms with Crippen LogP contribution in [-0.2, 0) is 16.0 Å². The lowest BCUT2D eigenvalue weighted by molar-refractivity contribution is -0.192. The summed E-state index contributed by atoms with van der Waals surface area (Å²) >= 11 is 0. The van der Waals surface area contributed by atoms with E-state index in [2.05, 4.69) is 10.1 Å². The van der Waals surface area contributed by atoms with Crippen LogP contribution in [0.2, 0.25) is 0 Å². The van der Waals surface area contributed by atoms with Gasteiger partial charge in [0.15, 0.2) is 0 Å². The third kappa shape index (κ3) is 7.54. The number of benzene rings is 2. The zero-order valence-electron chi connectivity index (χ0n) is 19.6. The number of carbonyl (C=O) groups is 2. The van der Waals surface area contributed by atoms with Crippen LogP contribution in [0.5, 0.6) is 0 Å². The minimum Gasteiger partial charge on any atom is -0.475 e. The van der Waals surface area contributed by atoms with Gasteiger partial charge in [-0.15, -0.1) is 0 Å². The third-order valence-electron chi connectivity index (χ3n) is 5.54. The number of likely N-dealkylation sites (tertiary alicyclic amines) is 1. The molecular weight excluding hydrogens is 522 g/mol. The van der Waals surface area contributed by atoms with Crippen LogP contribution < -0.4 is 5.73 Å². The molecule has 8 nitrogen and oxygen atoms in total. The Morgan fingerprint density at radius 1 is 1.13 bits per heavy atom. The van der Waals surface area contributed by atoms with Crippen LogP contribution in [0.25, 0.3) is 11.4 Å². The molecule has 0 unspecified atom stereocenters. The molecule has 14 heteroatoms. The number of carbonyl (C=O) groups excluding carboxylic acids is 1. The van der Waals surface area contributed by atoms with E-state index in [1.54, 1.807) is 23.1 Å². The predicted molar refractivity (Wildman–Crippen MR) is 120 cm³/mol. The molecule has 1 saturated heterocycles. The largest absolute Gasteiger partial charge is 0.490 e. The first-order chi connectivity index (χ1) is 17.8. The van der Waals surface area contributed by atoms with Gasteiger partial charge in [0, 0.05) is 30.6 Å². The molecule has 0 saturated carbocycles. The Hall–Kier alpha value is -3.94. The number of amides is 1. The average molecular weight is 544 g/mol. The highest BCUT2D eigenvalue weighted by atomic mass is 19.4. The van der Waals surface area contributed by atoms with Gasteiger partial charge in [0.1, 0.15) is 23.5 Å². The van der Waals surface area contributed by atoms with Crippen molar-refractivity contribution < 1.29 is 45.6 Å². The van der Waals surface area contributed by atoms with Crippen LogP contribution in [0, 0.1) is 17.5 Å². The number of nitrogens with two attached hydrogens (primary N) is 1. The maximum atomic E-state index is 13.8. The van der Waals surface area contributed by atoms with Gasteiger partial charge in [-0.05, 0) is 43.0 Å². The lowest BCUT2D eigenvalue weighted by atomic mass is 10.0. The molecule has 0 bridgehead atoms. The zero-order chi connectivity index (χ0) is 28.0. The van der Waals surface area contributed by atoms with Crippen molar-refractivity contribution in [2.45, 2.75) is 43.9 Å². The van der Waals surface area contributed by atoms with E-state index >= 15 is 0 Å². The second-order valence-electron chi connectivity index (χ2n) is 8.42. The number of alkyl halides is 3. The molecule has 2 heterocycles. The minimum atomic E-state index is -5.08. The number of aliphatic carboxylic acids is 1. The Balaban J connectivity index is 0.000000505. The predicted octanol–water partition coefficient (Wildman–Crippen LogP) is 4.41. The first-order valence-corrected chi connectivity index (χ1v) is 11.2. The van der Waals surface area contributed by atoms with Gasteiger partial charge in [-0.3, -0.25) is 4.79 Å². The summed E-state index contributed by atoms with van der Waals surface area (Å²) in [5.41, 5.74) is 6.71. The van der Waals surface area contributed by atoms with E-state index in [4.69, 9.17) is 20.2 Å². The SMILES string of the molecule is N[C@@H](CC(=O)N1CCC[C@H]1c1nc(-c2cc(F)cc(F)c2)no1)Cc1ccccc1F.O=C(O)C(F)(F)F. The number of rotatable bonds is 6. The van der Waals surface area contributed by atoms with Crippen LogP contribution in [0.1, 0.15) is 36.8 Å². The van der Waals surface area contributed by atoms with Crippen LogP contribution in [0.4, 0.5) is 26.3 Å². The Kier molecular flexibility index (Phi) is 9.09. The van der Waals surface area contributed by atoms with E-state index < -0.39 is 35.9 Å². The van der Waals surface area contributed by atoms with E-state index in [1.165, 1.54) is 6.07 Å². The molecule has 4 rings (SSSR count). The average Bonchev–Trinajstić information content (AvgIpc) is 3.49. The Morgan fingerprint density at radius 3 is 2.37 bits per heavy atom. The summed E-state index contributed by atoms with van der Waals surface area (Å²) in [5, 5.41) is 10.9. The fraction of sp³-hybridized carbons (Fsp3) is 0.333. The van der Waals surface area contributed by atoms with Crippen LogP contribution in [0.3, 0.4) is 0 Å². The van der Waals surface area contributed by atoms with Crippen molar-refractivity contribution in [1.82, 2.24) is 15.0 Å². The lowest BCUT2D eigenvalue weighted by Gasteiger charge is -2.23. The number of hydrogen-bond donors (Lipinski definition) is 2. The number of carboxylic acids is 1. The van der Waals surface area contributed by atoms with Gasteiger partial charge in [0.2, 0.25) is 17.6 Å². The maximum Gasteiger partial charge on any atom is 0.490 e. The quantitative estimate of drug-likeness (QED) is 0.441. The number of aromatic nitrogens is 2. The van der Waals surface area contributed by atoms with Crippen molar-refractivity contribution in [2.75, 3.05) is 6.54 Å². The molecule has 2 atom stereocenters. The number of nitrogens with zero attached hydrogens (tertiary/aromatic N) is 3. The summed E-state index contributed by atoms with van der Waals surface area (Å²) in [6, 6.07) is 8.32. The highest BCUT2D eigenvalue weighted by Crippen LogP contribution is 2.33. The van der Waals surface area contributed by atoms with Crippen LogP contribution in [-0.4, -0.2) is 50.8 Å². The fourth-order valence-electron chi connectivity index (χ4n) is 3.85. The van der Waals surface area contributed by atoms with Gasteiger partial charge in [0.05, 0.1) is 0 Å². The summed E-state index contributed by atoms with van der Waals surface area (Å²) in [6.45, 7) is 0.502. The van der Waals surface area contributed by atoms with E-state index in [1.807, 2.05) is 0 Å². The zero-order valence-corrected chi connectivity index (χ0v) is 19.6. The molecule has 0 aliphatic carbocycles. The Bertz CT molecular complexity index is 1260. The van der Waals surface area contributed by atoms with Gasteiger partial charge in [-0.25, -0.2) is 18.0 Å². The molecule has 38 heavy (non-hydrogen) atoms. The first-order valence-electron chi connectivity index (χ1n) is 11.2. The van der Waals surface area contributed by atoms with Crippen molar-refractivity contribution >= 4 is 11.9 Å². The second-order valence-corrected chi connectivity index (χ2v) is 8.42. The number of carboxylic acid groups (broad SMARTS) is 1. The molecule has 1 aliphatic rings. The molecule has 0 spiro atoms. The second kappa shape index (κ2) is 12.1. The van der Waals surface area contributed by atoms with Crippen LogP contribution in [0.15, 0.2) is 47.0 Å². The molecule has 3 aromatic rings. The lowest BCUT2D eigenvalue weighted by Crippen LogP contribution is -2.36. The molecule has 0 radical (unpaired) electrons. The van der Waals surface area contributed by atoms with Crippen LogP contribution >= 0.6 is 0 Å². The highest BCUT2D eigenvalue weighted by Gasteiger charge is 2.38. The topological polar surface area (TPSA) is 123 Å². The molecule has 1 aliphatic heterocycles. The molecule has 1 fully saturated rings. The highest BCUT2D eigenvalue weighted by molar-refractivity contribution is 5.77. The normalized spacial score (nSPS) is 16.1. The van der Waals surface area contributed by atoms with E-state index in [0.717, 1.165) is 24.6 Å². The summed E-state index contributed by atoms with van der Waals surface area (Å²) in [5.74, 6) is -4.55. The molecule has 2 aromatic carbocycles. The van der Waals surface area contributed by atoms with Gasteiger partial charge in [-0.1, -0.05) is 23.4 Å². The van der Waals surface area contributed by atoms with Gasteiger partial charge in [-0.2, -0.15) is 18.2 Å². The minimum absolute atomic E-state index is 0.0426. The first kappa shape index (κ1) is 28.6. The van der Waals surface area contributed by atoms with Crippen molar-refractivity contribution in [1.29, 1.82) is 0 Å². The van der Waals surface area contributed by atoms with Crippen molar-refractivity contribution in [2.24, 2.45) is 5.73 Å². The molecule has 3 N–H and O–H groups in total. The molecule has 204 valence electrons. The van der Waals surface area contributed by atoms with Crippen molar-refractivity contribution in [3.05, 3.63) is 71.4 Å². The van der Waals surface area contributed by atoms with E-state index in [9.17, 15) is 31.1 Å². The molecular formula is C24H22F6N4O4. The van der Waals surface area contributed by atoms with Gasteiger partial charge in [0.25, 0.3) is 0 Å². The standard InChI is InChI=1S/C22H21F3N4O2.C2HF3O2/c23-15-8-14(9-16(24)11-15)21-27-22(31-28-21)19-6-3-7-29(19)20(30)12-17(26)10-13-4-1-2-5-18(13)25;3-2(4,5)1(6)7/h1-2,4-5,8-9,11,17,19H,3,6-7,10,12,26H2;(H,6,7)/t17-,19+;/m1./s1. The maximum absolute atomic E-state index is 13.8. The van der Waals surface area contributed by atoms with E-state index in [0.29, 0.717) is 18.5 Å². The van der Waals surface area contributed by atoms with Crippen molar-refractivity contribution in [3.8, 4) is 11.4 Å². The summed E-state index contributed by atoms with van der Waals surface area (Å²) in [7, 11) is 0. The molecule has 1 amide bonds. The Labute approximate surface area is 212 Å². The van der Waals surface area contributed by atoms with Crippen molar-refractivity contribution in [3.63, 3.8) is 0 Å². The summed E-state index contributed by atoms with van der Waals surface area (Å²) in [4.78, 5) is 27.6. The smallest absolute Gasteiger partial charge is 0.475 e. The summed E-state index contributed by atoms with van der Waals surface area (Å²) in [6.07, 6.45) is -3.44. The van der Waals surface area contributed by atoms with Gasteiger partial charge < -0.3 is 20.3 Å². The van der Waals surface area contributed by atoms with E-state index in [-0.39, 0.29) is 41.8 Å². The number of hydrogen-bond acceptors (Lipinski definition) is 6.